The molecule has 90 valence electrons. The highest BCUT2D eigenvalue weighted by Gasteiger charge is 2.14. The summed E-state index contributed by atoms with van der Waals surface area (Å²) < 4.78 is 12.9. The van der Waals surface area contributed by atoms with Gasteiger partial charge in [-0.1, -0.05) is 23.8 Å². The molecule has 1 aliphatic carbocycles. The number of amides is 1. The van der Waals surface area contributed by atoms with E-state index in [9.17, 15) is 9.18 Å². The van der Waals surface area contributed by atoms with Crippen LogP contribution in [0, 0.1) is 11.7 Å². The molecule has 1 atom stereocenters. The summed E-state index contributed by atoms with van der Waals surface area (Å²) in [5, 5.41) is 2.73. The molecule has 0 saturated carbocycles. The molecule has 0 fully saturated rings. The third kappa shape index (κ3) is 3.30. The lowest BCUT2D eigenvalue weighted by molar-refractivity contribution is -0.116. The van der Waals surface area contributed by atoms with Gasteiger partial charge in [-0.3, -0.25) is 4.79 Å². The lowest BCUT2D eigenvalue weighted by Crippen LogP contribution is -2.14. The summed E-state index contributed by atoms with van der Waals surface area (Å²) in [6, 6.07) is 4.16. The second-order valence-corrected chi connectivity index (χ2v) is 4.55. The van der Waals surface area contributed by atoms with Gasteiger partial charge in [-0.2, -0.15) is 0 Å². The first-order valence-electron chi connectivity index (χ1n) is 5.57. The highest BCUT2D eigenvalue weighted by Crippen LogP contribution is 2.22. The van der Waals surface area contributed by atoms with Crippen LogP contribution >= 0.6 is 11.6 Å². The lowest BCUT2D eigenvalue weighted by atomic mass is 10.1. The fourth-order valence-corrected chi connectivity index (χ4v) is 2.07. The SMILES string of the molecule is O=C(C[C@@H]1C=CCC1)Nc1ccc(F)c(Cl)c1. The molecule has 0 spiro atoms. The average molecular weight is 254 g/mol. The molecular weight excluding hydrogens is 241 g/mol. The number of allylic oxidation sites excluding steroid dienone is 2. The number of halogens is 2. The number of nitrogens with one attached hydrogen (secondary N) is 1. The Morgan fingerprint density at radius 2 is 2.35 bits per heavy atom. The molecule has 0 aliphatic heterocycles. The predicted molar refractivity (Wildman–Crippen MR) is 66.5 cm³/mol. The van der Waals surface area contributed by atoms with Gasteiger partial charge in [0.15, 0.2) is 0 Å². The van der Waals surface area contributed by atoms with Crippen molar-refractivity contribution in [1.82, 2.24) is 0 Å². The first-order valence-corrected chi connectivity index (χ1v) is 5.94. The summed E-state index contributed by atoms with van der Waals surface area (Å²) in [4.78, 5) is 11.7. The van der Waals surface area contributed by atoms with Crippen molar-refractivity contribution in [1.29, 1.82) is 0 Å². The van der Waals surface area contributed by atoms with Gasteiger partial charge in [-0.15, -0.1) is 0 Å². The molecule has 0 aromatic heterocycles. The fourth-order valence-electron chi connectivity index (χ4n) is 1.89. The smallest absolute Gasteiger partial charge is 0.224 e. The molecule has 4 heteroatoms. The van der Waals surface area contributed by atoms with Crippen LogP contribution in [0.2, 0.25) is 5.02 Å². The molecule has 0 unspecified atom stereocenters. The third-order valence-corrected chi connectivity index (χ3v) is 3.05. The molecule has 0 radical (unpaired) electrons. The van der Waals surface area contributed by atoms with Gasteiger partial charge >= 0.3 is 0 Å². The van der Waals surface area contributed by atoms with E-state index in [2.05, 4.69) is 17.5 Å². The second kappa shape index (κ2) is 5.32. The maximum atomic E-state index is 12.9. The number of hydrogen-bond donors (Lipinski definition) is 1. The van der Waals surface area contributed by atoms with E-state index in [1.807, 2.05) is 0 Å². The van der Waals surface area contributed by atoms with Gasteiger partial charge in [0.25, 0.3) is 0 Å². The molecular formula is C13H13ClFNO. The summed E-state index contributed by atoms with van der Waals surface area (Å²) in [5.74, 6) is -0.224. The summed E-state index contributed by atoms with van der Waals surface area (Å²) in [6.45, 7) is 0. The Morgan fingerprint density at radius 3 is 3.00 bits per heavy atom. The normalized spacial score (nSPS) is 18.4. The van der Waals surface area contributed by atoms with E-state index in [0.29, 0.717) is 18.0 Å². The zero-order valence-electron chi connectivity index (χ0n) is 9.25. The first-order chi connectivity index (χ1) is 8.15. The quantitative estimate of drug-likeness (QED) is 0.817. The monoisotopic (exact) mass is 253 g/mol. The van der Waals surface area contributed by atoms with Crippen molar-refractivity contribution >= 4 is 23.2 Å². The fraction of sp³-hybridized carbons (Fsp3) is 0.308. The van der Waals surface area contributed by atoms with Crippen molar-refractivity contribution in [3.8, 4) is 0 Å². The van der Waals surface area contributed by atoms with Crippen LogP contribution in [0.25, 0.3) is 0 Å². The topological polar surface area (TPSA) is 29.1 Å². The average Bonchev–Trinajstić information content (AvgIpc) is 2.76. The number of benzene rings is 1. The minimum Gasteiger partial charge on any atom is -0.326 e. The van der Waals surface area contributed by atoms with Crippen molar-refractivity contribution in [3.63, 3.8) is 0 Å². The number of rotatable bonds is 3. The highest BCUT2D eigenvalue weighted by atomic mass is 35.5. The van der Waals surface area contributed by atoms with Crippen molar-refractivity contribution in [2.24, 2.45) is 5.92 Å². The minimum absolute atomic E-state index is 0.0172. The Labute approximate surface area is 104 Å². The summed E-state index contributed by atoms with van der Waals surface area (Å²) >= 11 is 5.63. The second-order valence-electron chi connectivity index (χ2n) is 4.15. The van der Waals surface area contributed by atoms with Crippen molar-refractivity contribution in [2.45, 2.75) is 19.3 Å². The van der Waals surface area contributed by atoms with E-state index in [0.717, 1.165) is 12.8 Å². The van der Waals surface area contributed by atoms with Crippen LogP contribution in [0.4, 0.5) is 10.1 Å². The Morgan fingerprint density at radius 1 is 1.53 bits per heavy atom. The largest absolute Gasteiger partial charge is 0.326 e. The molecule has 0 heterocycles. The molecule has 1 aliphatic rings. The Bertz CT molecular complexity index is 459. The van der Waals surface area contributed by atoms with E-state index in [1.165, 1.54) is 18.2 Å². The van der Waals surface area contributed by atoms with Crippen molar-refractivity contribution in [2.75, 3.05) is 5.32 Å². The van der Waals surface area contributed by atoms with Gasteiger partial charge in [0.1, 0.15) is 5.82 Å². The van der Waals surface area contributed by atoms with Gasteiger partial charge in [-0.25, -0.2) is 4.39 Å². The standard InChI is InChI=1S/C13H13ClFNO/c14-11-8-10(5-6-12(11)15)16-13(17)7-9-3-1-2-4-9/h1,3,5-6,8-9H,2,4,7H2,(H,16,17)/t9-/m1/s1. The molecule has 1 N–H and O–H groups in total. The Hall–Kier alpha value is -1.35. The maximum Gasteiger partial charge on any atom is 0.224 e. The van der Waals surface area contributed by atoms with Gasteiger partial charge in [-0.05, 0) is 37.0 Å². The third-order valence-electron chi connectivity index (χ3n) is 2.76. The minimum atomic E-state index is -0.483. The molecule has 1 aromatic carbocycles. The van der Waals surface area contributed by atoms with E-state index in [4.69, 9.17) is 11.6 Å². The van der Waals surface area contributed by atoms with E-state index in [-0.39, 0.29) is 10.9 Å². The van der Waals surface area contributed by atoms with E-state index >= 15 is 0 Å². The van der Waals surface area contributed by atoms with Gasteiger partial charge in [0.2, 0.25) is 5.91 Å². The maximum absolute atomic E-state index is 12.9. The summed E-state index contributed by atoms with van der Waals surface area (Å²) in [5.41, 5.74) is 0.531. The zero-order valence-corrected chi connectivity index (χ0v) is 10.0. The zero-order chi connectivity index (χ0) is 12.3. The van der Waals surface area contributed by atoms with Gasteiger partial charge < -0.3 is 5.32 Å². The van der Waals surface area contributed by atoms with E-state index < -0.39 is 5.82 Å². The molecule has 1 amide bonds. The molecule has 2 nitrogen and oxygen atoms in total. The number of carbonyl (C=O) groups is 1. The molecule has 0 saturated heterocycles. The first kappa shape index (κ1) is 12.1. The highest BCUT2D eigenvalue weighted by molar-refractivity contribution is 6.31. The Kier molecular flexibility index (Phi) is 3.79. The van der Waals surface area contributed by atoms with Gasteiger partial charge in [0, 0.05) is 12.1 Å². The molecule has 2 rings (SSSR count). The van der Waals surface area contributed by atoms with Crippen LogP contribution in [0.5, 0.6) is 0 Å². The number of carbonyl (C=O) groups excluding carboxylic acids is 1. The van der Waals surface area contributed by atoms with Crippen molar-refractivity contribution < 1.29 is 9.18 Å². The summed E-state index contributed by atoms with van der Waals surface area (Å²) in [7, 11) is 0. The molecule has 17 heavy (non-hydrogen) atoms. The van der Waals surface area contributed by atoms with Crippen LogP contribution in [-0.4, -0.2) is 5.91 Å². The molecule has 1 aromatic rings. The van der Waals surface area contributed by atoms with Crippen molar-refractivity contribution in [3.05, 3.63) is 41.2 Å². The predicted octanol–water partition coefficient (Wildman–Crippen LogP) is 3.77. The van der Waals surface area contributed by atoms with Crippen LogP contribution in [0.15, 0.2) is 30.4 Å². The lowest BCUT2D eigenvalue weighted by Gasteiger charge is -2.09. The van der Waals surface area contributed by atoms with E-state index in [1.54, 1.807) is 0 Å². The number of hydrogen-bond acceptors (Lipinski definition) is 1. The van der Waals surface area contributed by atoms with Crippen LogP contribution in [-0.2, 0) is 4.79 Å². The van der Waals surface area contributed by atoms with Crippen LogP contribution in [0.3, 0.4) is 0 Å². The summed E-state index contributed by atoms with van der Waals surface area (Å²) in [6.07, 6.45) is 6.69. The Balaban J connectivity index is 1.93. The van der Waals surface area contributed by atoms with Crippen LogP contribution < -0.4 is 5.32 Å². The van der Waals surface area contributed by atoms with Gasteiger partial charge in [0.05, 0.1) is 5.02 Å². The molecule has 0 bridgehead atoms. The number of anilines is 1. The van der Waals surface area contributed by atoms with Crippen LogP contribution in [0.1, 0.15) is 19.3 Å².